The van der Waals surface area contributed by atoms with Crippen LogP contribution in [0.1, 0.15) is 30.0 Å². The standard InChI is InChI=1S/C15H26N2O/c1-4-5-18-15-12(3)6-11(2)7-14(15)8-13(9-16)10-17/h6-7,13H,4-5,8-10,16-17H2,1-3H3. The van der Waals surface area contributed by atoms with Gasteiger partial charge < -0.3 is 16.2 Å². The minimum Gasteiger partial charge on any atom is -0.493 e. The van der Waals surface area contributed by atoms with Crippen molar-refractivity contribution in [1.82, 2.24) is 0 Å². The summed E-state index contributed by atoms with van der Waals surface area (Å²) in [5, 5.41) is 0. The fraction of sp³-hybridized carbons (Fsp3) is 0.600. The SMILES string of the molecule is CCCOc1c(C)cc(C)cc1CC(CN)CN. The molecule has 0 aromatic heterocycles. The number of benzene rings is 1. The van der Waals surface area contributed by atoms with Gasteiger partial charge in [-0.05, 0) is 56.8 Å². The second-order valence-corrected chi connectivity index (χ2v) is 4.96. The first-order valence-electron chi connectivity index (χ1n) is 6.75. The van der Waals surface area contributed by atoms with Gasteiger partial charge in [0.05, 0.1) is 6.61 Å². The van der Waals surface area contributed by atoms with Crippen LogP contribution in [-0.4, -0.2) is 19.7 Å². The van der Waals surface area contributed by atoms with Crippen LogP contribution in [0.4, 0.5) is 0 Å². The van der Waals surface area contributed by atoms with Crippen molar-refractivity contribution in [3.8, 4) is 5.75 Å². The molecule has 0 aliphatic heterocycles. The number of rotatable bonds is 7. The summed E-state index contributed by atoms with van der Waals surface area (Å²) < 4.78 is 5.88. The van der Waals surface area contributed by atoms with Crippen molar-refractivity contribution in [1.29, 1.82) is 0 Å². The molecule has 3 heteroatoms. The van der Waals surface area contributed by atoms with Crippen LogP contribution in [0.25, 0.3) is 0 Å². The predicted molar refractivity (Wildman–Crippen MR) is 77.0 cm³/mol. The highest BCUT2D eigenvalue weighted by Crippen LogP contribution is 2.27. The fourth-order valence-corrected chi connectivity index (χ4v) is 2.18. The lowest BCUT2D eigenvalue weighted by Gasteiger charge is -2.18. The van der Waals surface area contributed by atoms with Gasteiger partial charge in [0, 0.05) is 0 Å². The molecular formula is C15H26N2O. The van der Waals surface area contributed by atoms with E-state index in [1.54, 1.807) is 0 Å². The maximum absolute atomic E-state index is 5.88. The molecule has 0 heterocycles. The lowest BCUT2D eigenvalue weighted by molar-refractivity contribution is 0.310. The molecule has 0 fully saturated rings. The molecule has 1 rings (SSSR count). The first kappa shape index (κ1) is 15.0. The summed E-state index contributed by atoms with van der Waals surface area (Å²) in [6, 6.07) is 4.35. The molecule has 0 bridgehead atoms. The van der Waals surface area contributed by atoms with E-state index in [1.165, 1.54) is 16.7 Å². The lowest BCUT2D eigenvalue weighted by Crippen LogP contribution is -2.25. The van der Waals surface area contributed by atoms with E-state index in [-0.39, 0.29) is 0 Å². The molecule has 0 atom stereocenters. The minimum atomic E-state index is 0.329. The highest BCUT2D eigenvalue weighted by Gasteiger charge is 2.13. The van der Waals surface area contributed by atoms with E-state index in [1.807, 2.05) is 0 Å². The number of nitrogens with two attached hydrogens (primary N) is 2. The normalized spacial score (nSPS) is 11.0. The Balaban J connectivity index is 2.98. The lowest BCUT2D eigenvalue weighted by atomic mass is 9.95. The van der Waals surface area contributed by atoms with Crippen molar-refractivity contribution in [2.45, 2.75) is 33.6 Å². The summed E-state index contributed by atoms with van der Waals surface area (Å²) in [5.41, 5.74) is 15.2. The monoisotopic (exact) mass is 250 g/mol. The van der Waals surface area contributed by atoms with Crippen LogP contribution < -0.4 is 16.2 Å². The van der Waals surface area contributed by atoms with E-state index in [9.17, 15) is 0 Å². The van der Waals surface area contributed by atoms with Gasteiger partial charge in [-0.2, -0.15) is 0 Å². The number of ether oxygens (including phenoxy) is 1. The third-order valence-electron chi connectivity index (χ3n) is 3.12. The predicted octanol–water partition coefficient (Wildman–Crippen LogP) is 2.17. The van der Waals surface area contributed by atoms with Crippen LogP contribution in [0.2, 0.25) is 0 Å². The Morgan fingerprint density at radius 1 is 1.17 bits per heavy atom. The fourth-order valence-electron chi connectivity index (χ4n) is 2.18. The number of hydrogen-bond acceptors (Lipinski definition) is 3. The zero-order valence-electron chi connectivity index (χ0n) is 11.8. The van der Waals surface area contributed by atoms with E-state index in [0.717, 1.165) is 25.2 Å². The van der Waals surface area contributed by atoms with E-state index < -0.39 is 0 Å². The second-order valence-electron chi connectivity index (χ2n) is 4.96. The molecule has 0 saturated carbocycles. The van der Waals surface area contributed by atoms with Crippen molar-refractivity contribution in [2.75, 3.05) is 19.7 Å². The Kier molecular flexibility index (Phi) is 6.16. The van der Waals surface area contributed by atoms with Gasteiger partial charge in [0.15, 0.2) is 0 Å². The summed E-state index contributed by atoms with van der Waals surface area (Å²) >= 11 is 0. The molecule has 0 saturated heterocycles. The van der Waals surface area contributed by atoms with Crippen molar-refractivity contribution in [2.24, 2.45) is 17.4 Å². The molecule has 0 spiro atoms. The molecule has 3 nitrogen and oxygen atoms in total. The van der Waals surface area contributed by atoms with Gasteiger partial charge in [-0.25, -0.2) is 0 Å². The highest BCUT2D eigenvalue weighted by atomic mass is 16.5. The Bertz CT molecular complexity index is 373. The van der Waals surface area contributed by atoms with E-state index >= 15 is 0 Å². The van der Waals surface area contributed by atoms with Crippen LogP contribution in [-0.2, 0) is 6.42 Å². The summed E-state index contributed by atoms with van der Waals surface area (Å²) in [7, 11) is 0. The molecule has 1 aromatic rings. The van der Waals surface area contributed by atoms with Gasteiger partial charge in [-0.15, -0.1) is 0 Å². The average Bonchev–Trinajstić information content (AvgIpc) is 2.34. The number of aryl methyl sites for hydroxylation is 2. The van der Waals surface area contributed by atoms with Crippen LogP contribution in [0, 0.1) is 19.8 Å². The van der Waals surface area contributed by atoms with Gasteiger partial charge in [0.25, 0.3) is 0 Å². The third-order valence-corrected chi connectivity index (χ3v) is 3.12. The molecule has 1 aromatic carbocycles. The Morgan fingerprint density at radius 2 is 1.83 bits per heavy atom. The van der Waals surface area contributed by atoms with Gasteiger partial charge in [-0.3, -0.25) is 0 Å². The summed E-state index contributed by atoms with van der Waals surface area (Å²) in [4.78, 5) is 0. The highest BCUT2D eigenvalue weighted by molar-refractivity contribution is 5.44. The molecule has 0 aliphatic rings. The average molecular weight is 250 g/mol. The minimum absolute atomic E-state index is 0.329. The first-order chi connectivity index (χ1) is 8.62. The molecule has 0 unspecified atom stereocenters. The second kappa shape index (κ2) is 7.39. The van der Waals surface area contributed by atoms with Crippen LogP contribution in [0.5, 0.6) is 5.75 Å². The Labute approximate surface area is 111 Å². The van der Waals surface area contributed by atoms with E-state index in [0.29, 0.717) is 19.0 Å². The van der Waals surface area contributed by atoms with Crippen molar-refractivity contribution >= 4 is 0 Å². The topological polar surface area (TPSA) is 61.3 Å². The summed E-state index contributed by atoms with van der Waals surface area (Å²) in [5.74, 6) is 1.35. The van der Waals surface area contributed by atoms with Crippen LogP contribution >= 0.6 is 0 Å². The smallest absolute Gasteiger partial charge is 0.125 e. The van der Waals surface area contributed by atoms with Crippen molar-refractivity contribution in [3.05, 3.63) is 28.8 Å². The summed E-state index contributed by atoms with van der Waals surface area (Å²) in [6.45, 7) is 8.33. The zero-order valence-corrected chi connectivity index (χ0v) is 11.8. The van der Waals surface area contributed by atoms with Gasteiger partial charge in [0.1, 0.15) is 5.75 Å². The molecule has 0 aliphatic carbocycles. The zero-order chi connectivity index (χ0) is 13.5. The van der Waals surface area contributed by atoms with Crippen molar-refractivity contribution in [3.63, 3.8) is 0 Å². The number of hydrogen-bond donors (Lipinski definition) is 2. The molecule has 0 amide bonds. The van der Waals surface area contributed by atoms with Gasteiger partial charge in [0.2, 0.25) is 0 Å². The molecule has 4 N–H and O–H groups in total. The third kappa shape index (κ3) is 4.00. The molecule has 102 valence electrons. The summed E-state index contributed by atoms with van der Waals surface area (Å²) in [6.07, 6.45) is 1.92. The first-order valence-corrected chi connectivity index (χ1v) is 6.75. The van der Waals surface area contributed by atoms with E-state index in [2.05, 4.69) is 32.9 Å². The maximum atomic E-state index is 5.88. The molecule has 0 radical (unpaired) electrons. The quantitative estimate of drug-likeness (QED) is 0.779. The van der Waals surface area contributed by atoms with E-state index in [4.69, 9.17) is 16.2 Å². The van der Waals surface area contributed by atoms with Crippen LogP contribution in [0.3, 0.4) is 0 Å². The Hall–Kier alpha value is -1.06. The van der Waals surface area contributed by atoms with Gasteiger partial charge >= 0.3 is 0 Å². The molecule has 18 heavy (non-hydrogen) atoms. The largest absolute Gasteiger partial charge is 0.493 e. The van der Waals surface area contributed by atoms with Crippen LogP contribution in [0.15, 0.2) is 12.1 Å². The van der Waals surface area contributed by atoms with Crippen molar-refractivity contribution < 1.29 is 4.74 Å². The Morgan fingerprint density at radius 3 is 2.39 bits per heavy atom. The molecular weight excluding hydrogens is 224 g/mol. The maximum Gasteiger partial charge on any atom is 0.125 e. The van der Waals surface area contributed by atoms with Gasteiger partial charge in [-0.1, -0.05) is 24.6 Å².